The lowest BCUT2D eigenvalue weighted by atomic mass is 10.1. The van der Waals surface area contributed by atoms with Gasteiger partial charge in [-0.1, -0.05) is 48.0 Å². The quantitative estimate of drug-likeness (QED) is 0.340. The number of carbonyl (C=O) groups excluding carboxylic acids is 1. The zero-order valence-corrected chi connectivity index (χ0v) is 17.0. The number of aryl methyl sites for hydroxylation is 1. The molecule has 0 aliphatic carbocycles. The summed E-state index contributed by atoms with van der Waals surface area (Å²) in [5, 5.41) is 13.2. The number of nitrogens with one attached hydrogen (secondary N) is 1. The van der Waals surface area contributed by atoms with Crippen molar-refractivity contribution in [3.63, 3.8) is 0 Å². The van der Waals surface area contributed by atoms with Gasteiger partial charge in [-0.05, 0) is 48.9 Å². The van der Waals surface area contributed by atoms with Gasteiger partial charge in [0.05, 0.1) is 0 Å². The van der Waals surface area contributed by atoms with Crippen LogP contribution in [0.4, 0.5) is 10.1 Å². The lowest BCUT2D eigenvalue weighted by molar-refractivity contribution is -0.112. The van der Waals surface area contributed by atoms with E-state index in [1.807, 2.05) is 42.6 Å². The molecule has 0 saturated carbocycles. The van der Waals surface area contributed by atoms with Gasteiger partial charge in [-0.3, -0.25) is 4.79 Å². The van der Waals surface area contributed by atoms with Gasteiger partial charge in [-0.15, -0.1) is 0 Å². The maximum Gasteiger partial charge on any atom is 0.266 e. The minimum Gasteiger partial charge on any atom is -0.342 e. The van der Waals surface area contributed by atoms with Gasteiger partial charge in [0.15, 0.2) is 0 Å². The zero-order valence-electron chi connectivity index (χ0n) is 17.0. The molecule has 0 aliphatic heterocycles. The highest BCUT2D eigenvalue weighted by atomic mass is 19.1. The van der Waals surface area contributed by atoms with Crippen LogP contribution in [0.2, 0.25) is 0 Å². The Morgan fingerprint density at radius 3 is 2.61 bits per heavy atom. The summed E-state index contributed by atoms with van der Waals surface area (Å²) < 4.78 is 15.2. The van der Waals surface area contributed by atoms with Crippen LogP contribution in [0.25, 0.3) is 17.0 Å². The van der Waals surface area contributed by atoms with E-state index in [2.05, 4.69) is 35.0 Å². The maximum atomic E-state index is 13.1. The van der Waals surface area contributed by atoms with Gasteiger partial charge in [-0.2, -0.15) is 5.26 Å². The second-order valence-corrected chi connectivity index (χ2v) is 7.35. The molecule has 0 fully saturated rings. The van der Waals surface area contributed by atoms with Crippen LogP contribution in [-0.4, -0.2) is 10.5 Å². The number of hydrogen-bond donors (Lipinski definition) is 1. The zero-order chi connectivity index (χ0) is 21.8. The van der Waals surface area contributed by atoms with Gasteiger partial charge in [-0.25, -0.2) is 4.39 Å². The Labute approximate surface area is 179 Å². The molecule has 0 atom stereocenters. The van der Waals surface area contributed by atoms with E-state index in [1.165, 1.54) is 35.4 Å². The van der Waals surface area contributed by atoms with Crippen LogP contribution in [-0.2, 0) is 11.3 Å². The first-order chi connectivity index (χ1) is 15.0. The van der Waals surface area contributed by atoms with Crippen LogP contribution in [0.3, 0.4) is 0 Å². The number of hydrogen-bond acceptors (Lipinski definition) is 2. The van der Waals surface area contributed by atoms with Crippen molar-refractivity contribution in [3.05, 3.63) is 107 Å². The van der Waals surface area contributed by atoms with Crippen molar-refractivity contribution < 1.29 is 9.18 Å². The fourth-order valence-electron chi connectivity index (χ4n) is 3.56. The van der Waals surface area contributed by atoms with Gasteiger partial charge in [0, 0.05) is 34.9 Å². The Balaban J connectivity index is 1.67. The number of nitrogens with zero attached hydrogens (tertiary/aromatic N) is 2. The molecule has 0 unspecified atom stereocenters. The summed E-state index contributed by atoms with van der Waals surface area (Å²) in [5.74, 6) is -0.930. The molecule has 1 N–H and O–H groups in total. The van der Waals surface area contributed by atoms with E-state index in [0.717, 1.165) is 16.5 Å². The molecule has 0 bridgehead atoms. The number of aromatic nitrogens is 1. The SMILES string of the molecule is Cc1cccc(Cn2cc(/C=C(/C#N)C(=O)Nc3ccc(F)cc3)c3ccccc32)c1. The van der Waals surface area contributed by atoms with Crippen molar-refractivity contribution in [2.45, 2.75) is 13.5 Å². The second kappa shape index (κ2) is 8.68. The van der Waals surface area contributed by atoms with Crippen LogP contribution in [0.1, 0.15) is 16.7 Å². The van der Waals surface area contributed by atoms with Crippen molar-refractivity contribution in [1.82, 2.24) is 4.57 Å². The summed E-state index contributed by atoms with van der Waals surface area (Å²) >= 11 is 0. The fraction of sp³-hybridized carbons (Fsp3) is 0.0769. The van der Waals surface area contributed by atoms with Gasteiger partial charge in [0.2, 0.25) is 0 Å². The first-order valence-corrected chi connectivity index (χ1v) is 9.85. The lowest BCUT2D eigenvalue weighted by Crippen LogP contribution is -2.13. The largest absolute Gasteiger partial charge is 0.342 e. The third-order valence-corrected chi connectivity index (χ3v) is 5.02. The lowest BCUT2D eigenvalue weighted by Gasteiger charge is -2.06. The van der Waals surface area contributed by atoms with Gasteiger partial charge >= 0.3 is 0 Å². The topological polar surface area (TPSA) is 57.8 Å². The number of amides is 1. The van der Waals surface area contributed by atoms with E-state index in [0.29, 0.717) is 12.2 Å². The van der Waals surface area contributed by atoms with Crippen molar-refractivity contribution >= 4 is 28.6 Å². The molecule has 4 rings (SSSR count). The number of anilines is 1. The van der Waals surface area contributed by atoms with E-state index in [-0.39, 0.29) is 5.57 Å². The number of carbonyl (C=O) groups is 1. The van der Waals surface area contributed by atoms with E-state index in [4.69, 9.17) is 0 Å². The average molecular weight is 409 g/mol. The molecule has 0 aliphatic rings. The highest BCUT2D eigenvalue weighted by Crippen LogP contribution is 2.25. The molecule has 4 aromatic rings. The Kier molecular flexibility index (Phi) is 5.63. The summed E-state index contributed by atoms with van der Waals surface area (Å²) in [7, 11) is 0. The van der Waals surface area contributed by atoms with Crippen LogP contribution in [0.15, 0.2) is 84.6 Å². The predicted molar refractivity (Wildman–Crippen MR) is 121 cm³/mol. The number of nitriles is 1. The Hall–Kier alpha value is -4.17. The molecule has 0 saturated heterocycles. The van der Waals surface area contributed by atoms with Crippen LogP contribution in [0.5, 0.6) is 0 Å². The monoisotopic (exact) mass is 409 g/mol. The number of halogens is 1. The minimum absolute atomic E-state index is 0.0252. The molecular weight excluding hydrogens is 389 g/mol. The van der Waals surface area contributed by atoms with Crippen molar-refractivity contribution in [2.75, 3.05) is 5.32 Å². The molecule has 1 heterocycles. The molecule has 3 aromatic carbocycles. The number of para-hydroxylation sites is 1. The number of benzene rings is 3. The molecule has 0 spiro atoms. The molecule has 4 nitrogen and oxygen atoms in total. The molecule has 5 heteroatoms. The Morgan fingerprint density at radius 2 is 1.87 bits per heavy atom. The Morgan fingerprint density at radius 1 is 1.10 bits per heavy atom. The van der Waals surface area contributed by atoms with E-state index in [1.54, 1.807) is 6.08 Å². The summed E-state index contributed by atoms with van der Waals surface area (Å²) in [6, 6.07) is 23.6. The molecule has 1 aromatic heterocycles. The average Bonchev–Trinajstić information content (AvgIpc) is 3.11. The molecule has 0 radical (unpaired) electrons. The maximum absolute atomic E-state index is 13.1. The summed E-state index contributed by atoms with van der Waals surface area (Å²) in [6.45, 7) is 2.74. The van der Waals surface area contributed by atoms with Crippen LogP contribution < -0.4 is 5.32 Å². The molecular formula is C26H20FN3O. The standard InChI is InChI=1S/C26H20FN3O/c1-18-5-4-6-19(13-18)16-30-17-21(24-7-2-3-8-25(24)30)14-20(15-28)26(31)29-23-11-9-22(27)10-12-23/h2-14,17H,16H2,1H3,(H,29,31)/b20-14-. The summed E-state index contributed by atoms with van der Waals surface area (Å²) in [5.41, 5.74) is 4.57. The third kappa shape index (κ3) is 4.54. The third-order valence-electron chi connectivity index (χ3n) is 5.02. The Bertz CT molecular complexity index is 1330. The van der Waals surface area contributed by atoms with Gasteiger partial charge in [0.25, 0.3) is 5.91 Å². The normalized spacial score (nSPS) is 11.3. The summed E-state index contributed by atoms with van der Waals surface area (Å²) in [4.78, 5) is 12.6. The number of fused-ring (bicyclic) bond motifs is 1. The molecule has 1 amide bonds. The van der Waals surface area contributed by atoms with Crippen molar-refractivity contribution in [2.24, 2.45) is 0 Å². The highest BCUT2D eigenvalue weighted by Gasteiger charge is 2.13. The van der Waals surface area contributed by atoms with Crippen LogP contribution in [0, 0.1) is 24.1 Å². The molecule has 31 heavy (non-hydrogen) atoms. The minimum atomic E-state index is -0.537. The second-order valence-electron chi connectivity index (χ2n) is 7.35. The van der Waals surface area contributed by atoms with E-state index in [9.17, 15) is 14.4 Å². The van der Waals surface area contributed by atoms with Crippen molar-refractivity contribution in [3.8, 4) is 6.07 Å². The summed E-state index contributed by atoms with van der Waals surface area (Å²) in [6.07, 6.45) is 3.55. The van der Waals surface area contributed by atoms with Gasteiger partial charge < -0.3 is 9.88 Å². The molecule has 152 valence electrons. The predicted octanol–water partition coefficient (Wildman–Crippen LogP) is 5.68. The van der Waals surface area contributed by atoms with Crippen molar-refractivity contribution in [1.29, 1.82) is 5.26 Å². The van der Waals surface area contributed by atoms with Gasteiger partial charge in [0.1, 0.15) is 17.5 Å². The first-order valence-electron chi connectivity index (χ1n) is 9.85. The smallest absolute Gasteiger partial charge is 0.266 e. The fourth-order valence-corrected chi connectivity index (χ4v) is 3.56. The van der Waals surface area contributed by atoms with E-state index >= 15 is 0 Å². The number of rotatable bonds is 5. The van der Waals surface area contributed by atoms with E-state index < -0.39 is 11.7 Å². The van der Waals surface area contributed by atoms with Crippen LogP contribution >= 0.6 is 0 Å². The first kappa shape index (κ1) is 20.1. The highest BCUT2D eigenvalue weighted by molar-refractivity contribution is 6.10.